The average Bonchev–Trinajstić information content (AvgIpc) is 2.63. The SMILES string of the molecule is CN(C)CCNc1ccc(NCCCN)c2sc3ccccc3c(=O)c12. The fraction of sp³-hybridized carbons (Fsp3) is 0.350. The molecule has 3 rings (SSSR count). The van der Waals surface area contributed by atoms with Crippen molar-refractivity contribution < 1.29 is 0 Å². The number of likely N-dealkylation sites (N-methyl/N-ethyl adjacent to an activating group) is 1. The van der Waals surface area contributed by atoms with Crippen LogP contribution in [0.4, 0.5) is 11.4 Å². The molecule has 2 aromatic carbocycles. The minimum atomic E-state index is 0.0872. The van der Waals surface area contributed by atoms with Gasteiger partial charge in [-0.05, 0) is 51.3 Å². The third-order valence-corrected chi connectivity index (χ3v) is 5.50. The van der Waals surface area contributed by atoms with Crippen molar-refractivity contribution in [2.75, 3.05) is 50.9 Å². The van der Waals surface area contributed by atoms with Crippen LogP contribution in [0.5, 0.6) is 0 Å². The van der Waals surface area contributed by atoms with E-state index in [1.165, 1.54) is 0 Å². The monoisotopic (exact) mass is 370 g/mol. The number of nitrogens with two attached hydrogens (primary N) is 1. The van der Waals surface area contributed by atoms with Gasteiger partial charge in [0.05, 0.1) is 15.8 Å². The number of hydrogen-bond donors (Lipinski definition) is 3. The van der Waals surface area contributed by atoms with Crippen LogP contribution in [-0.2, 0) is 0 Å². The Bertz CT molecular complexity index is 952. The number of nitrogens with zero attached hydrogens (tertiary/aromatic N) is 1. The van der Waals surface area contributed by atoms with Gasteiger partial charge in [0.25, 0.3) is 0 Å². The van der Waals surface area contributed by atoms with Crippen LogP contribution in [0.15, 0.2) is 41.2 Å². The maximum Gasteiger partial charge on any atom is 0.198 e. The van der Waals surface area contributed by atoms with Crippen molar-refractivity contribution in [3.63, 3.8) is 0 Å². The molecule has 6 heteroatoms. The van der Waals surface area contributed by atoms with E-state index in [4.69, 9.17) is 5.73 Å². The van der Waals surface area contributed by atoms with E-state index in [-0.39, 0.29) is 5.43 Å². The standard InChI is InChI=1S/C20H26N4OS/c1-24(2)13-12-23-15-8-9-16(22-11-5-10-21)20-18(15)19(25)14-6-3-4-7-17(14)26-20/h3-4,6-9,22-23H,5,10-13,21H2,1-2H3. The van der Waals surface area contributed by atoms with Crippen LogP contribution in [0.1, 0.15) is 6.42 Å². The minimum Gasteiger partial charge on any atom is -0.384 e. The van der Waals surface area contributed by atoms with Crippen molar-refractivity contribution in [2.24, 2.45) is 5.73 Å². The maximum atomic E-state index is 13.2. The zero-order valence-corrected chi connectivity index (χ0v) is 16.2. The van der Waals surface area contributed by atoms with Crippen LogP contribution in [0.3, 0.4) is 0 Å². The van der Waals surface area contributed by atoms with Crippen molar-refractivity contribution in [3.8, 4) is 0 Å². The van der Waals surface area contributed by atoms with Gasteiger partial charge in [0.2, 0.25) is 0 Å². The second-order valence-corrected chi connectivity index (χ2v) is 7.64. The molecular formula is C20H26N4OS. The van der Waals surface area contributed by atoms with Gasteiger partial charge in [-0.3, -0.25) is 4.79 Å². The van der Waals surface area contributed by atoms with E-state index >= 15 is 0 Å². The molecule has 0 aliphatic rings. The van der Waals surface area contributed by atoms with E-state index in [1.807, 2.05) is 44.4 Å². The molecule has 4 N–H and O–H groups in total. The van der Waals surface area contributed by atoms with Crippen LogP contribution < -0.4 is 21.8 Å². The summed E-state index contributed by atoms with van der Waals surface area (Å²) in [5.41, 5.74) is 7.59. The Hall–Kier alpha value is -2.15. The molecule has 0 aliphatic carbocycles. The highest BCUT2D eigenvalue weighted by Gasteiger charge is 2.13. The topological polar surface area (TPSA) is 70.4 Å². The Morgan fingerprint density at radius 2 is 1.77 bits per heavy atom. The van der Waals surface area contributed by atoms with Crippen LogP contribution in [0, 0.1) is 0 Å². The van der Waals surface area contributed by atoms with Crippen molar-refractivity contribution in [1.29, 1.82) is 0 Å². The van der Waals surface area contributed by atoms with Gasteiger partial charge >= 0.3 is 0 Å². The third-order valence-electron chi connectivity index (χ3n) is 4.30. The molecule has 0 spiro atoms. The summed E-state index contributed by atoms with van der Waals surface area (Å²) in [5.74, 6) is 0. The summed E-state index contributed by atoms with van der Waals surface area (Å²) < 4.78 is 2.01. The molecule has 0 atom stereocenters. The van der Waals surface area contributed by atoms with Gasteiger partial charge in [0.1, 0.15) is 0 Å². The maximum absolute atomic E-state index is 13.2. The normalized spacial score (nSPS) is 11.4. The van der Waals surface area contributed by atoms with Crippen molar-refractivity contribution >= 4 is 42.9 Å². The summed E-state index contributed by atoms with van der Waals surface area (Å²) in [4.78, 5) is 15.3. The molecule has 3 aromatic rings. The number of fused-ring (bicyclic) bond motifs is 2. The molecule has 5 nitrogen and oxygen atoms in total. The summed E-state index contributed by atoms with van der Waals surface area (Å²) in [6.45, 7) is 3.14. The molecule has 0 fully saturated rings. The lowest BCUT2D eigenvalue weighted by Gasteiger charge is -2.16. The second-order valence-electron chi connectivity index (χ2n) is 6.59. The molecule has 0 aliphatic heterocycles. The molecule has 0 bridgehead atoms. The lowest BCUT2D eigenvalue weighted by molar-refractivity contribution is 0.425. The predicted molar refractivity (Wildman–Crippen MR) is 115 cm³/mol. The van der Waals surface area contributed by atoms with E-state index in [2.05, 4.69) is 21.6 Å². The van der Waals surface area contributed by atoms with Gasteiger partial charge in [-0.25, -0.2) is 0 Å². The first-order chi connectivity index (χ1) is 12.6. The molecular weight excluding hydrogens is 344 g/mol. The zero-order valence-electron chi connectivity index (χ0n) is 15.3. The van der Waals surface area contributed by atoms with Gasteiger partial charge in [-0.1, -0.05) is 12.1 Å². The quantitative estimate of drug-likeness (QED) is 0.420. The largest absolute Gasteiger partial charge is 0.384 e. The fourth-order valence-corrected chi connectivity index (χ4v) is 4.12. The van der Waals surface area contributed by atoms with Crippen LogP contribution in [-0.4, -0.2) is 45.2 Å². The lowest BCUT2D eigenvalue weighted by Crippen LogP contribution is -2.21. The van der Waals surface area contributed by atoms with Crippen LogP contribution >= 0.6 is 11.3 Å². The number of hydrogen-bond acceptors (Lipinski definition) is 6. The number of rotatable bonds is 8. The molecule has 0 amide bonds. The minimum absolute atomic E-state index is 0.0872. The third kappa shape index (κ3) is 3.98. The summed E-state index contributed by atoms with van der Waals surface area (Å²) in [7, 11) is 4.08. The highest BCUT2D eigenvalue weighted by atomic mass is 32.1. The Balaban J connectivity index is 2.11. The molecule has 0 saturated carbocycles. The van der Waals surface area contributed by atoms with Crippen LogP contribution in [0.2, 0.25) is 0 Å². The molecule has 0 unspecified atom stereocenters. The van der Waals surface area contributed by atoms with Gasteiger partial charge in [-0.2, -0.15) is 0 Å². The highest BCUT2D eigenvalue weighted by Crippen LogP contribution is 2.34. The summed E-state index contributed by atoms with van der Waals surface area (Å²) in [6, 6.07) is 11.9. The summed E-state index contributed by atoms with van der Waals surface area (Å²) in [5, 5.41) is 8.42. The van der Waals surface area contributed by atoms with Crippen molar-refractivity contribution in [2.45, 2.75) is 6.42 Å². The fourth-order valence-electron chi connectivity index (χ4n) is 2.93. The Labute approximate surface area is 157 Å². The number of anilines is 2. The number of nitrogens with one attached hydrogen (secondary N) is 2. The van der Waals surface area contributed by atoms with Crippen LogP contribution in [0.25, 0.3) is 20.2 Å². The van der Waals surface area contributed by atoms with E-state index in [9.17, 15) is 4.79 Å². The molecule has 0 saturated heterocycles. The van der Waals surface area contributed by atoms with Gasteiger partial charge in [0, 0.05) is 35.4 Å². The van der Waals surface area contributed by atoms with Gasteiger partial charge in [-0.15, -0.1) is 11.3 Å². The first kappa shape index (κ1) is 18.6. The smallest absolute Gasteiger partial charge is 0.198 e. The van der Waals surface area contributed by atoms with Crippen molar-refractivity contribution in [3.05, 3.63) is 46.6 Å². The summed E-state index contributed by atoms with van der Waals surface area (Å²) in [6.07, 6.45) is 0.896. The zero-order chi connectivity index (χ0) is 18.5. The Morgan fingerprint density at radius 1 is 1.04 bits per heavy atom. The molecule has 1 heterocycles. The average molecular weight is 371 g/mol. The van der Waals surface area contributed by atoms with Gasteiger partial charge in [0.15, 0.2) is 5.43 Å². The van der Waals surface area contributed by atoms with Gasteiger partial charge < -0.3 is 21.3 Å². The van der Waals surface area contributed by atoms with E-state index < -0.39 is 0 Å². The molecule has 138 valence electrons. The van der Waals surface area contributed by atoms with E-state index in [0.29, 0.717) is 6.54 Å². The Morgan fingerprint density at radius 3 is 2.54 bits per heavy atom. The first-order valence-electron chi connectivity index (χ1n) is 8.93. The second kappa shape index (κ2) is 8.49. The Kier molecular flexibility index (Phi) is 6.08. The van der Waals surface area contributed by atoms with Crippen molar-refractivity contribution in [1.82, 2.24) is 4.90 Å². The van der Waals surface area contributed by atoms with E-state index in [0.717, 1.165) is 57.6 Å². The number of benzene rings is 2. The lowest BCUT2D eigenvalue weighted by atomic mass is 10.1. The molecule has 1 aromatic heterocycles. The van der Waals surface area contributed by atoms with E-state index in [1.54, 1.807) is 11.3 Å². The molecule has 26 heavy (non-hydrogen) atoms. The highest BCUT2D eigenvalue weighted by molar-refractivity contribution is 7.25. The predicted octanol–water partition coefficient (Wildman–Crippen LogP) is 3.15. The molecule has 0 radical (unpaired) electrons. The summed E-state index contributed by atoms with van der Waals surface area (Å²) >= 11 is 1.66. The first-order valence-corrected chi connectivity index (χ1v) is 9.74.